The Bertz CT molecular complexity index is 462. The van der Waals surface area contributed by atoms with Gasteiger partial charge < -0.3 is 10.1 Å². The van der Waals surface area contributed by atoms with Gasteiger partial charge >= 0.3 is 6.09 Å². The van der Waals surface area contributed by atoms with E-state index in [-0.39, 0.29) is 12.0 Å². The fourth-order valence-corrected chi connectivity index (χ4v) is 2.08. The fourth-order valence-electron chi connectivity index (χ4n) is 1.92. The van der Waals surface area contributed by atoms with E-state index in [1.807, 2.05) is 13.8 Å². The van der Waals surface area contributed by atoms with Crippen molar-refractivity contribution in [1.82, 2.24) is 5.32 Å². The van der Waals surface area contributed by atoms with Crippen LogP contribution < -0.4 is 5.32 Å². The van der Waals surface area contributed by atoms with E-state index < -0.39 is 18.0 Å². The van der Waals surface area contributed by atoms with Crippen molar-refractivity contribution < 1.29 is 13.9 Å². The molecule has 1 fully saturated rings. The highest BCUT2D eigenvalue weighted by Gasteiger charge is 2.39. The minimum atomic E-state index is -0.524. The first-order valence-corrected chi connectivity index (χ1v) is 5.66. The van der Waals surface area contributed by atoms with E-state index in [2.05, 4.69) is 5.32 Å². The third kappa shape index (κ3) is 2.36. The lowest BCUT2D eigenvalue weighted by Crippen LogP contribution is -2.47. The molecule has 1 aromatic carbocycles. The summed E-state index contributed by atoms with van der Waals surface area (Å²) >= 11 is 5.70. The lowest BCUT2D eigenvalue weighted by Gasteiger charge is -2.38. The van der Waals surface area contributed by atoms with E-state index in [9.17, 15) is 9.18 Å². The summed E-state index contributed by atoms with van der Waals surface area (Å²) in [5, 5.41) is 2.97. The molecule has 0 spiro atoms. The summed E-state index contributed by atoms with van der Waals surface area (Å²) in [6.07, 6.45) is -0.524. The molecular formula is C12H13ClFNO2. The van der Waals surface area contributed by atoms with E-state index >= 15 is 0 Å². The van der Waals surface area contributed by atoms with Crippen LogP contribution >= 0.6 is 11.6 Å². The van der Waals surface area contributed by atoms with Crippen LogP contribution in [0, 0.1) is 11.2 Å². The molecule has 3 nitrogen and oxygen atoms in total. The van der Waals surface area contributed by atoms with E-state index in [0.717, 1.165) is 0 Å². The third-order valence-electron chi connectivity index (χ3n) is 2.89. The van der Waals surface area contributed by atoms with Gasteiger partial charge in [0.25, 0.3) is 0 Å². The number of ether oxygens (including phenoxy) is 1. The number of hydrogen-bond acceptors (Lipinski definition) is 2. The van der Waals surface area contributed by atoms with Gasteiger partial charge in [-0.3, -0.25) is 0 Å². The van der Waals surface area contributed by atoms with Gasteiger partial charge in [0.05, 0.1) is 6.04 Å². The van der Waals surface area contributed by atoms with E-state index in [1.54, 1.807) is 12.1 Å². The summed E-state index contributed by atoms with van der Waals surface area (Å²) < 4.78 is 18.7. The molecule has 1 aromatic rings. The second-order valence-corrected chi connectivity index (χ2v) is 5.24. The Hall–Kier alpha value is -1.29. The molecular weight excluding hydrogens is 245 g/mol. The topological polar surface area (TPSA) is 38.3 Å². The van der Waals surface area contributed by atoms with Crippen LogP contribution in [-0.4, -0.2) is 12.7 Å². The molecule has 5 heteroatoms. The minimum absolute atomic E-state index is 0.256. The first kappa shape index (κ1) is 12.2. The average molecular weight is 258 g/mol. The first-order valence-electron chi connectivity index (χ1n) is 5.28. The van der Waals surface area contributed by atoms with Crippen molar-refractivity contribution in [3.05, 3.63) is 34.6 Å². The molecule has 2 rings (SSSR count). The summed E-state index contributed by atoms with van der Waals surface area (Å²) in [4.78, 5) is 11.2. The molecule has 1 amide bonds. The van der Waals surface area contributed by atoms with Gasteiger partial charge in [-0.25, -0.2) is 9.18 Å². The smallest absolute Gasteiger partial charge is 0.407 e. The normalized spacial score (nSPS) is 22.8. The van der Waals surface area contributed by atoms with Gasteiger partial charge in [0, 0.05) is 16.0 Å². The van der Waals surface area contributed by atoms with Crippen LogP contribution in [0.5, 0.6) is 0 Å². The van der Waals surface area contributed by atoms with Gasteiger partial charge in [-0.15, -0.1) is 0 Å². The Kier molecular flexibility index (Phi) is 3.00. The Balaban J connectivity index is 2.39. The number of rotatable bonds is 1. The second-order valence-electron chi connectivity index (χ2n) is 4.81. The molecule has 0 bridgehead atoms. The number of carbonyl (C=O) groups is 1. The van der Waals surface area contributed by atoms with E-state index in [1.165, 1.54) is 6.07 Å². The molecule has 0 radical (unpaired) electrons. The fraction of sp³-hybridized carbons (Fsp3) is 0.417. The van der Waals surface area contributed by atoms with Crippen LogP contribution in [0.1, 0.15) is 25.5 Å². The summed E-state index contributed by atoms with van der Waals surface area (Å²) in [5.74, 6) is -0.419. The Morgan fingerprint density at radius 1 is 1.53 bits per heavy atom. The zero-order chi connectivity index (χ0) is 12.6. The zero-order valence-corrected chi connectivity index (χ0v) is 10.3. The molecule has 1 atom stereocenters. The average Bonchev–Trinajstić information content (AvgIpc) is 2.23. The zero-order valence-electron chi connectivity index (χ0n) is 9.59. The van der Waals surface area contributed by atoms with Gasteiger partial charge in [0.2, 0.25) is 0 Å². The van der Waals surface area contributed by atoms with Crippen LogP contribution in [0.25, 0.3) is 0 Å². The first-order chi connectivity index (χ1) is 7.90. The van der Waals surface area contributed by atoms with Gasteiger partial charge in [-0.1, -0.05) is 31.5 Å². The van der Waals surface area contributed by atoms with Crippen LogP contribution in [0.4, 0.5) is 9.18 Å². The van der Waals surface area contributed by atoms with Gasteiger partial charge in [-0.05, 0) is 12.1 Å². The Morgan fingerprint density at radius 3 is 2.88 bits per heavy atom. The van der Waals surface area contributed by atoms with Crippen LogP contribution in [-0.2, 0) is 4.74 Å². The molecule has 1 N–H and O–H groups in total. The third-order valence-corrected chi connectivity index (χ3v) is 3.13. The Labute approximate surface area is 104 Å². The van der Waals surface area contributed by atoms with Crippen molar-refractivity contribution in [2.45, 2.75) is 19.9 Å². The number of halogens is 2. The highest BCUT2D eigenvalue weighted by molar-refractivity contribution is 6.30. The number of hydrogen-bond donors (Lipinski definition) is 1. The number of carbonyl (C=O) groups excluding carboxylic acids is 1. The Morgan fingerprint density at radius 2 is 2.24 bits per heavy atom. The molecule has 0 aliphatic carbocycles. The van der Waals surface area contributed by atoms with Gasteiger partial charge in [-0.2, -0.15) is 0 Å². The monoisotopic (exact) mass is 257 g/mol. The lowest BCUT2D eigenvalue weighted by atomic mass is 9.80. The highest BCUT2D eigenvalue weighted by atomic mass is 35.5. The standard InChI is InChI=1S/C12H13ClFNO2/c1-12(2)6-17-11(16)15-10(12)8-4-3-7(13)5-9(8)14/h3-5,10H,6H2,1-2H3,(H,15,16)/t10-/m1/s1. The highest BCUT2D eigenvalue weighted by Crippen LogP contribution is 2.37. The van der Waals surface area contributed by atoms with Crippen molar-refractivity contribution in [3.63, 3.8) is 0 Å². The quantitative estimate of drug-likeness (QED) is 0.838. The van der Waals surface area contributed by atoms with Crippen molar-refractivity contribution in [2.24, 2.45) is 5.41 Å². The van der Waals surface area contributed by atoms with Gasteiger partial charge in [0.15, 0.2) is 0 Å². The summed E-state index contributed by atoms with van der Waals surface area (Å²) in [5.41, 5.74) is 0.0545. The maximum absolute atomic E-state index is 13.8. The predicted molar refractivity (Wildman–Crippen MR) is 62.4 cm³/mol. The molecule has 1 aliphatic heterocycles. The molecule has 17 heavy (non-hydrogen) atoms. The van der Waals surface area contributed by atoms with E-state index in [0.29, 0.717) is 10.6 Å². The van der Waals surface area contributed by atoms with Crippen LogP contribution in [0.15, 0.2) is 18.2 Å². The van der Waals surface area contributed by atoms with Crippen molar-refractivity contribution in [2.75, 3.05) is 6.61 Å². The van der Waals surface area contributed by atoms with E-state index in [4.69, 9.17) is 16.3 Å². The molecule has 1 heterocycles. The maximum Gasteiger partial charge on any atom is 0.407 e. The number of nitrogens with one attached hydrogen (secondary N) is 1. The number of benzene rings is 1. The van der Waals surface area contributed by atoms with Crippen LogP contribution in [0.3, 0.4) is 0 Å². The number of cyclic esters (lactones) is 1. The SMILES string of the molecule is CC1(C)COC(=O)N[C@@H]1c1ccc(Cl)cc1F. The summed E-state index contributed by atoms with van der Waals surface area (Å²) in [6, 6.07) is 4.03. The molecule has 0 unspecified atom stereocenters. The minimum Gasteiger partial charge on any atom is -0.449 e. The predicted octanol–water partition coefficient (Wildman–Crippen LogP) is 3.29. The molecule has 1 saturated heterocycles. The molecule has 92 valence electrons. The maximum atomic E-state index is 13.8. The van der Waals surface area contributed by atoms with Crippen LogP contribution in [0.2, 0.25) is 5.02 Å². The van der Waals surface area contributed by atoms with Crippen molar-refractivity contribution in [3.8, 4) is 0 Å². The molecule has 1 aliphatic rings. The summed E-state index contributed by atoms with van der Waals surface area (Å²) in [6.45, 7) is 4.07. The molecule has 0 saturated carbocycles. The van der Waals surface area contributed by atoms with Gasteiger partial charge in [0.1, 0.15) is 12.4 Å². The number of alkyl carbamates (subject to hydrolysis) is 1. The summed E-state index contributed by atoms with van der Waals surface area (Å²) in [7, 11) is 0. The second kappa shape index (κ2) is 4.18. The molecule has 0 aromatic heterocycles. The van der Waals surface area contributed by atoms with Crippen molar-refractivity contribution in [1.29, 1.82) is 0 Å². The lowest BCUT2D eigenvalue weighted by molar-refractivity contribution is 0.0378. The van der Waals surface area contributed by atoms with Crippen molar-refractivity contribution >= 4 is 17.7 Å². The number of amides is 1. The largest absolute Gasteiger partial charge is 0.449 e.